The molecule has 0 amide bonds. The van der Waals surface area contributed by atoms with Gasteiger partial charge in [-0.3, -0.25) is 0 Å². The zero-order valence-electron chi connectivity index (χ0n) is 2.86. The number of hydrogen-bond acceptors (Lipinski definition) is 1. The van der Waals surface area contributed by atoms with Crippen molar-refractivity contribution in [1.29, 1.82) is 1.34 Å². The van der Waals surface area contributed by atoms with Crippen molar-refractivity contribution >= 4 is 46.2 Å². The lowest BCUT2D eigenvalue weighted by molar-refractivity contribution is 5.04. The molecule has 0 saturated carbocycles. The summed E-state index contributed by atoms with van der Waals surface area (Å²) < 4.78 is 6.72. The van der Waals surface area contributed by atoms with Gasteiger partial charge in [0.25, 0.3) is 0 Å². The fourth-order valence-electron chi connectivity index (χ4n) is 0. The highest BCUT2D eigenvalue weighted by Gasteiger charge is 1.75. The van der Waals surface area contributed by atoms with Crippen LogP contribution >= 0.6 is 29.6 Å². The van der Waals surface area contributed by atoms with Gasteiger partial charge in [-0.2, -0.15) is 0 Å². The van der Waals surface area contributed by atoms with Crippen LogP contribution in [0.2, 0.25) is 0 Å². The minimum absolute atomic E-state index is 0.0531. The van der Waals surface area contributed by atoms with Crippen molar-refractivity contribution in [2.45, 2.75) is 0 Å². The van der Waals surface area contributed by atoms with Crippen molar-refractivity contribution in [2.24, 2.45) is 0 Å². The van der Waals surface area contributed by atoms with Crippen molar-refractivity contribution in [3.8, 4) is 0 Å². The highest BCUT2D eigenvalue weighted by Crippen LogP contribution is 1.90. The first kappa shape index (κ1) is 3.50. The molecule has 0 rings (SSSR count). The van der Waals surface area contributed by atoms with E-state index >= 15 is 0 Å². The summed E-state index contributed by atoms with van der Waals surface area (Å²) in [5.74, 6) is 0. The molecular weight excluding hydrogens is 201 g/mol. The van der Waals surface area contributed by atoms with E-state index in [1.54, 1.807) is 0 Å². The summed E-state index contributed by atoms with van der Waals surface area (Å²) in [5, 5.41) is 0. The Labute approximate surface area is 47.6 Å². The monoisotopic (exact) mass is 205 g/mol. The minimum Gasteiger partial charge on any atom is -0.0840 e. The van der Waals surface area contributed by atoms with Crippen LogP contribution in [0.3, 0.4) is 0 Å². The maximum absolute atomic E-state index is 6.72. The SMILES string of the molecule is [3H]B(I)[PH+]=S. The number of rotatable bonds is 1. The van der Waals surface area contributed by atoms with Gasteiger partial charge in [0.1, 0.15) is 19.0 Å². The van der Waals surface area contributed by atoms with Gasteiger partial charge in [0.15, 0.2) is 0 Å². The second-order valence-electron chi connectivity index (χ2n) is 0.227. The summed E-state index contributed by atoms with van der Waals surface area (Å²) in [5.41, 5.74) is 0. The van der Waals surface area contributed by atoms with Gasteiger partial charge < -0.3 is 0 Å². The molecule has 0 aromatic carbocycles. The fraction of sp³-hybridized carbons (Fsp3) is 0. The third-order valence-corrected chi connectivity index (χ3v) is 2.69. The first-order valence-electron chi connectivity index (χ1n) is 1.29. The normalized spacial score (nSPS) is 10.8. The van der Waals surface area contributed by atoms with E-state index in [-0.39, 0.29) is 4.82 Å². The summed E-state index contributed by atoms with van der Waals surface area (Å²) in [4.78, 5) is -0.0531. The van der Waals surface area contributed by atoms with Crippen LogP contribution in [0.1, 0.15) is 0 Å². The van der Waals surface area contributed by atoms with E-state index in [2.05, 4.69) is 11.8 Å². The molecule has 0 N–H and O–H groups in total. The van der Waals surface area contributed by atoms with Crippen molar-refractivity contribution < 1.29 is 0 Å². The van der Waals surface area contributed by atoms with Crippen LogP contribution in [-0.2, 0) is 11.8 Å². The first-order chi connectivity index (χ1) is 2.27. The molecule has 22 valence electrons. The van der Waals surface area contributed by atoms with E-state index in [4.69, 9.17) is 1.34 Å². The molecule has 0 nitrogen and oxygen atoms in total. The molecule has 0 aliphatic heterocycles. The van der Waals surface area contributed by atoms with E-state index in [1.807, 2.05) is 22.4 Å². The molecule has 1 unspecified atom stereocenters. The smallest absolute Gasteiger partial charge is 0.0840 e. The van der Waals surface area contributed by atoms with E-state index in [0.29, 0.717) is 7.23 Å². The van der Waals surface area contributed by atoms with Crippen LogP contribution in [0.25, 0.3) is 0 Å². The molecule has 0 aliphatic rings. The molecule has 1 atom stereocenters. The fourth-order valence-corrected chi connectivity index (χ4v) is 0. The van der Waals surface area contributed by atoms with Gasteiger partial charge in [-0.1, -0.05) is 22.4 Å². The Kier molecular flexibility index (Phi) is 3.78. The zero-order chi connectivity index (χ0) is 4.28. The highest BCUT2D eigenvalue weighted by molar-refractivity contribution is 14.1. The average molecular weight is 205 g/mol. The van der Waals surface area contributed by atoms with Crippen LogP contribution in [0.5, 0.6) is 0 Å². The molecule has 0 aromatic heterocycles. The lowest BCUT2D eigenvalue weighted by Crippen LogP contribution is -1.36. The second-order valence-corrected chi connectivity index (χ2v) is 3.26. The third kappa shape index (κ3) is 3.31. The molecule has 0 radical (unpaired) electrons. The van der Waals surface area contributed by atoms with Gasteiger partial charge in [-0.05, 0) is 0 Å². The molecule has 4 heteroatoms. The summed E-state index contributed by atoms with van der Waals surface area (Å²) >= 11 is 6.49. The van der Waals surface area contributed by atoms with Crippen LogP contribution in [0.15, 0.2) is 0 Å². The van der Waals surface area contributed by atoms with Crippen molar-refractivity contribution in [3.63, 3.8) is 0 Å². The lowest BCUT2D eigenvalue weighted by Gasteiger charge is -1.30. The highest BCUT2D eigenvalue weighted by atomic mass is 127. The van der Waals surface area contributed by atoms with E-state index in [9.17, 15) is 0 Å². The largest absolute Gasteiger partial charge is 0.464 e. The van der Waals surface area contributed by atoms with Crippen molar-refractivity contribution in [1.82, 2.24) is 0 Å². The number of hydrogen-bond donors (Lipinski definition) is 0. The Bertz CT molecular complexity index is 38.6. The standard InChI is InChI=1S/BHIPS/c2-1-3-4/h1H/p+1/i1T. The molecule has 0 spiro atoms. The van der Waals surface area contributed by atoms with Gasteiger partial charge >= 0.3 is 4.82 Å². The topological polar surface area (TPSA) is 0 Å². The summed E-state index contributed by atoms with van der Waals surface area (Å²) in [7, 11) is 0.351. The van der Waals surface area contributed by atoms with E-state index in [1.165, 1.54) is 0 Å². The Hall–Kier alpha value is 1.31. The minimum atomic E-state index is -0.0531. The van der Waals surface area contributed by atoms with Gasteiger partial charge in [-0.15, -0.1) is 0 Å². The Morgan fingerprint density at radius 1 is 2.50 bits per heavy atom. The van der Waals surface area contributed by atoms with Crippen LogP contribution < -0.4 is 0 Å². The predicted octanol–water partition coefficient (Wildman–Crippen LogP) is 0.828. The van der Waals surface area contributed by atoms with Crippen LogP contribution in [0.4, 0.5) is 0 Å². The maximum atomic E-state index is 6.72. The van der Waals surface area contributed by atoms with Gasteiger partial charge in [0, 0.05) is 0 Å². The Morgan fingerprint density at radius 2 is 2.75 bits per heavy atom. The lowest BCUT2D eigenvalue weighted by atomic mass is 10.8. The molecule has 0 heterocycles. The third-order valence-electron chi connectivity index (χ3n) is 0.0445. The summed E-state index contributed by atoms with van der Waals surface area (Å²) in [6.07, 6.45) is 0. The van der Waals surface area contributed by atoms with Crippen molar-refractivity contribution in [2.75, 3.05) is 0 Å². The molecule has 0 aromatic rings. The Balaban J connectivity index is 2.83. The van der Waals surface area contributed by atoms with Gasteiger partial charge in [0.05, 0.1) is 1.34 Å². The van der Waals surface area contributed by atoms with Crippen LogP contribution in [-0.4, -0.2) is 6.15 Å². The number of halogens is 1. The summed E-state index contributed by atoms with van der Waals surface area (Å²) in [6.45, 7) is 0. The molecule has 0 fully saturated rings. The van der Waals surface area contributed by atoms with E-state index in [0.717, 1.165) is 0 Å². The quantitative estimate of drug-likeness (QED) is 0.347. The van der Waals surface area contributed by atoms with Gasteiger partial charge in [0.2, 0.25) is 0 Å². The molecule has 4 heavy (non-hydrogen) atoms. The summed E-state index contributed by atoms with van der Waals surface area (Å²) in [6, 6.07) is 0. The van der Waals surface area contributed by atoms with Crippen LogP contribution in [0, 0.1) is 0 Å². The molecule has 0 bridgehead atoms. The molecular formula is H2BIPS+. The second kappa shape index (κ2) is 4.31. The molecule has 0 aliphatic carbocycles. The first-order valence-corrected chi connectivity index (χ1v) is 4.17. The maximum Gasteiger partial charge on any atom is 0.464 e. The predicted molar refractivity (Wildman–Crippen MR) is 36.8 cm³/mol. The Morgan fingerprint density at radius 3 is 2.75 bits per heavy atom. The zero-order valence-corrected chi connectivity index (χ0v) is 5.84. The van der Waals surface area contributed by atoms with Crippen molar-refractivity contribution in [3.05, 3.63) is 0 Å². The average Bonchev–Trinajstić information content (AvgIpc) is 1.38. The molecule has 0 saturated heterocycles. The van der Waals surface area contributed by atoms with E-state index < -0.39 is 0 Å². The van der Waals surface area contributed by atoms with Gasteiger partial charge in [-0.25, -0.2) is 0 Å².